The third-order valence-electron chi connectivity index (χ3n) is 2.86. The number of nitrogens with one attached hydrogen (secondary N) is 1. The molecule has 1 saturated carbocycles. The molecule has 0 unspecified atom stereocenters. The van der Waals surface area contributed by atoms with E-state index in [4.69, 9.17) is 11.6 Å². The Bertz CT molecular complexity index is 491. The second kappa shape index (κ2) is 3.86. The maximum Gasteiger partial charge on any atom is 0.199 e. The first-order valence-electron chi connectivity index (χ1n) is 5.23. The molecule has 0 atom stereocenters. The Morgan fingerprint density at radius 2 is 2.31 bits per heavy atom. The van der Waals surface area contributed by atoms with E-state index < -0.39 is 0 Å². The van der Waals surface area contributed by atoms with Crippen LogP contribution in [-0.4, -0.2) is 36.9 Å². The van der Waals surface area contributed by atoms with Gasteiger partial charge in [-0.1, -0.05) is 0 Å². The molecule has 1 N–H and O–H groups in total. The van der Waals surface area contributed by atoms with Gasteiger partial charge in [-0.25, -0.2) is 0 Å². The summed E-state index contributed by atoms with van der Waals surface area (Å²) in [5.41, 5.74) is 0.647. The van der Waals surface area contributed by atoms with Gasteiger partial charge >= 0.3 is 0 Å². The molecule has 3 rings (SSSR count). The van der Waals surface area contributed by atoms with Gasteiger partial charge in [0.15, 0.2) is 5.65 Å². The van der Waals surface area contributed by atoms with Crippen molar-refractivity contribution in [2.45, 2.75) is 18.2 Å². The normalized spacial score (nSPS) is 24.3. The van der Waals surface area contributed by atoms with E-state index in [0.29, 0.717) is 16.9 Å². The zero-order valence-corrected chi connectivity index (χ0v) is 9.30. The highest BCUT2D eigenvalue weighted by molar-refractivity contribution is 6.21. The number of rotatable bonds is 3. The molecule has 0 amide bonds. The van der Waals surface area contributed by atoms with Crippen LogP contribution in [0.2, 0.25) is 0 Å². The van der Waals surface area contributed by atoms with E-state index in [-0.39, 0.29) is 0 Å². The fourth-order valence-electron chi connectivity index (χ4n) is 1.87. The fraction of sp³-hybridized carbons (Fsp3) is 0.556. The first-order chi connectivity index (χ1) is 7.83. The minimum Gasteiger partial charge on any atom is -0.368 e. The van der Waals surface area contributed by atoms with Gasteiger partial charge in [-0.3, -0.25) is 4.98 Å². The zero-order chi connectivity index (χ0) is 11.0. The molecule has 6 nitrogen and oxygen atoms in total. The largest absolute Gasteiger partial charge is 0.368 e. The fourth-order valence-corrected chi connectivity index (χ4v) is 2.37. The summed E-state index contributed by atoms with van der Waals surface area (Å²) in [5.74, 6) is 1.47. The Kier molecular flexibility index (Phi) is 2.36. The van der Waals surface area contributed by atoms with Gasteiger partial charge in [0.05, 0.1) is 12.4 Å². The summed E-state index contributed by atoms with van der Waals surface area (Å²) >= 11 is 5.93. The van der Waals surface area contributed by atoms with E-state index >= 15 is 0 Å². The Balaban J connectivity index is 1.71. The SMILES string of the molecule is ClC1CC(CNc2cncc3nnnn23)C1. The van der Waals surface area contributed by atoms with E-state index in [1.807, 2.05) is 0 Å². The smallest absolute Gasteiger partial charge is 0.199 e. The van der Waals surface area contributed by atoms with E-state index in [2.05, 4.69) is 25.8 Å². The van der Waals surface area contributed by atoms with Crippen LogP contribution in [0.5, 0.6) is 0 Å². The van der Waals surface area contributed by atoms with Gasteiger partial charge in [0.25, 0.3) is 0 Å². The molecule has 84 valence electrons. The molecule has 0 saturated heterocycles. The number of tetrazole rings is 1. The minimum absolute atomic E-state index is 0.355. The number of anilines is 1. The molecule has 1 aliphatic carbocycles. The molecule has 0 radical (unpaired) electrons. The Morgan fingerprint density at radius 1 is 1.44 bits per heavy atom. The third kappa shape index (κ3) is 1.69. The minimum atomic E-state index is 0.355. The third-order valence-corrected chi connectivity index (χ3v) is 3.22. The second-order valence-electron chi connectivity index (χ2n) is 4.06. The summed E-state index contributed by atoms with van der Waals surface area (Å²) in [5, 5.41) is 15.0. The average molecular weight is 239 g/mol. The molecular weight excluding hydrogens is 228 g/mol. The van der Waals surface area contributed by atoms with E-state index in [9.17, 15) is 0 Å². The van der Waals surface area contributed by atoms with Gasteiger partial charge in [-0.15, -0.1) is 16.7 Å². The maximum atomic E-state index is 5.93. The molecule has 2 heterocycles. The van der Waals surface area contributed by atoms with Crippen molar-refractivity contribution in [1.29, 1.82) is 0 Å². The van der Waals surface area contributed by atoms with Gasteiger partial charge in [0.1, 0.15) is 5.82 Å². The molecular formula is C9H11ClN6. The molecule has 1 aliphatic rings. The van der Waals surface area contributed by atoms with Crippen LogP contribution in [-0.2, 0) is 0 Å². The second-order valence-corrected chi connectivity index (χ2v) is 4.67. The number of hydrogen-bond donors (Lipinski definition) is 1. The summed E-state index contributed by atoms with van der Waals surface area (Å²) < 4.78 is 1.64. The van der Waals surface area contributed by atoms with Gasteiger partial charge in [-0.05, 0) is 29.2 Å². The summed E-state index contributed by atoms with van der Waals surface area (Å²) in [6.45, 7) is 0.893. The molecule has 0 bridgehead atoms. The van der Waals surface area contributed by atoms with Gasteiger partial charge in [0.2, 0.25) is 0 Å². The van der Waals surface area contributed by atoms with Gasteiger partial charge < -0.3 is 5.32 Å². The number of alkyl halides is 1. The molecule has 16 heavy (non-hydrogen) atoms. The quantitative estimate of drug-likeness (QED) is 0.807. The van der Waals surface area contributed by atoms with Crippen LogP contribution >= 0.6 is 11.6 Å². The van der Waals surface area contributed by atoms with Crippen LogP contribution < -0.4 is 5.32 Å². The molecule has 7 heteroatoms. The molecule has 0 spiro atoms. The van der Waals surface area contributed by atoms with Crippen LogP contribution in [0.1, 0.15) is 12.8 Å². The summed E-state index contributed by atoms with van der Waals surface area (Å²) in [7, 11) is 0. The highest BCUT2D eigenvalue weighted by atomic mass is 35.5. The van der Waals surface area contributed by atoms with Crippen LogP contribution in [0.15, 0.2) is 12.4 Å². The molecule has 2 aromatic heterocycles. The van der Waals surface area contributed by atoms with Crippen molar-refractivity contribution in [2.75, 3.05) is 11.9 Å². The lowest BCUT2D eigenvalue weighted by Crippen LogP contribution is -2.30. The predicted octanol–water partition coefficient (Wildman–Crippen LogP) is 0.949. The molecule has 0 aromatic carbocycles. The van der Waals surface area contributed by atoms with Crippen molar-refractivity contribution in [3.05, 3.63) is 12.4 Å². The van der Waals surface area contributed by atoms with E-state index in [1.54, 1.807) is 16.9 Å². The zero-order valence-electron chi connectivity index (χ0n) is 8.54. The van der Waals surface area contributed by atoms with E-state index in [1.165, 1.54) is 0 Å². The van der Waals surface area contributed by atoms with Crippen LogP contribution in [0.25, 0.3) is 5.65 Å². The van der Waals surface area contributed by atoms with Crippen molar-refractivity contribution in [1.82, 2.24) is 25.0 Å². The Labute approximate surface area is 97.0 Å². The number of hydrogen-bond acceptors (Lipinski definition) is 5. The summed E-state index contributed by atoms with van der Waals surface area (Å²) in [6.07, 6.45) is 5.50. The molecule has 2 aromatic rings. The van der Waals surface area contributed by atoms with Crippen LogP contribution in [0.4, 0.5) is 5.82 Å². The van der Waals surface area contributed by atoms with Crippen molar-refractivity contribution in [3.8, 4) is 0 Å². The monoisotopic (exact) mass is 238 g/mol. The Morgan fingerprint density at radius 3 is 3.12 bits per heavy atom. The van der Waals surface area contributed by atoms with Crippen molar-refractivity contribution in [3.63, 3.8) is 0 Å². The average Bonchev–Trinajstić information content (AvgIpc) is 2.71. The summed E-state index contributed by atoms with van der Waals surface area (Å²) in [6, 6.07) is 0. The maximum absolute atomic E-state index is 5.93. The highest BCUT2D eigenvalue weighted by Gasteiger charge is 2.26. The molecule has 1 fully saturated rings. The first kappa shape index (κ1) is 9.77. The lowest BCUT2D eigenvalue weighted by Gasteiger charge is -2.31. The van der Waals surface area contributed by atoms with Crippen molar-refractivity contribution >= 4 is 23.1 Å². The lowest BCUT2D eigenvalue weighted by molar-refractivity contribution is 0.341. The van der Waals surface area contributed by atoms with Gasteiger partial charge in [0, 0.05) is 11.9 Å². The number of fused-ring (bicyclic) bond motifs is 1. The van der Waals surface area contributed by atoms with Crippen LogP contribution in [0.3, 0.4) is 0 Å². The summed E-state index contributed by atoms with van der Waals surface area (Å²) in [4.78, 5) is 4.07. The topological polar surface area (TPSA) is 68.0 Å². The van der Waals surface area contributed by atoms with Crippen molar-refractivity contribution in [2.24, 2.45) is 5.92 Å². The lowest BCUT2D eigenvalue weighted by atomic mass is 9.85. The van der Waals surface area contributed by atoms with Gasteiger partial charge in [-0.2, -0.15) is 4.52 Å². The van der Waals surface area contributed by atoms with E-state index in [0.717, 1.165) is 25.2 Å². The predicted molar refractivity (Wildman–Crippen MR) is 59.4 cm³/mol. The molecule has 0 aliphatic heterocycles. The van der Waals surface area contributed by atoms with Crippen LogP contribution in [0, 0.1) is 5.92 Å². The highest BCUT2D eigenvalue weighted by Crippen LogP contribution is 2.31. The Hall–Kier alpha value is -1.43. The van der Waals surface area contributed by atoms with Crippen molar-refractivity contribution < 1.29 is 0 Å². The first-order valence-corrected chi connectivity index (χ1v) is 5.66. The standard InChI is InChI=1S/C9H11ClN6/c10-7-1-6(2-7)3-12-8-4-11-5-9-13-14-15-16(8)9/h4-7,12H,1-3H2. The number of halogens is 1. The number of aromatic nitrogens is 5. The number of nitrogens with zero attached hydrogens (tertiary/aromatic N) is 5.